The first-order chi connectivity index (χ1) is 8.69. The highest BCUT2D eigenvalue weighted by atomic mass is 15.0. The van der Waals surface area contributed by atoms with Gasteiger partial charge in [0.1, 0.15) is 11.6 Å². The molecule has 0 radical (unpaired) electrons. The van der Waals surface area contributed by atoms with Gasteiger partial charge >= 0.3 is 0 Å². The van der Waals surface area contributed by atoms with Crippen molar-refractivity contribution in [1.29, 1.82) is 0 Å². The van der Waals surface area contributed by atoms with E-state index in [-0.39, 0.29) is 0 Å². The molecule has 0 aliphatic heterocycles. The minimum absolute atomic E-state index is 0.360. The van der Waals surface area contributed by atoms with Gasteiger partial charge in [-0.3, -0.25) is 0 Å². The van der Waals surface area contributed by atoms with Gasteiger partial charge in [0.05, 0.1) is 6.54 Å². The minimum atomic E-state index is 0.360. The summed E-state index contributed by atoms with van der Waals surface area (Å²) in [4.78, 5) is 8.37. The minimum Gasteiger partial charge on any atom is -0.366 e. The van der Waals surface area contributed by atoms with E-state index in [0.717, 1.165) is 12.4 Å². The zero-order chi connectivity index (χ0) is 13.0. The molecular formula is C14H18N4. The summed E-state index contributed by atoms with van der Waals surface area (Å²) in [5, 5.41) is 3.29. The predicted molar refractivity (Wildman–Crippen MR) is 73.2 cm³/mol. The number of aryl methyl sites for hydroxylation is 2. The number of nitrogens with one attached hydrogen (secondary N) is 1. The molecule has 0 unspecified atom stereocenters. The Labute approximate surface area is 107 Å². The van der Waals surface area contributed by atoms with Gasteiger partial charge in [-0.2, -0.15) is 0 Å². The van der Waals surface area contributed by atoms with Crippen LogP contribution in [0.3, 0.4) is 0 Å². The number of benzene rings is 1. The van der Waals surface area contributed by atoms with Crippen molar-refractivity contribution in [2.24, 2.45) is 5.73 Å². The lowest BCUT2D eigenvalue weighted by Gasteiger charge is -2.09. The monoisotopic (exact) mass is 242 g/mol. The predicted octanol–water partition coefficient (Wildman–Crippen LogP) is 2.16. The van der Waals surface area contributed by atoms with Crippen LogP contribution >= 0.6 is 0 Å². The van der Waals surface area contributed by atoms with Crippen molar-refractivity contribution in [1.82, 2.24) is 9.97 Å². The summed E-state index contributed by atoms with van der Waals surface area (Å²) < 4.78 is 0. The Morgan fingerprint density at radius 2 is 2.06 bits per heavy atom. The molecule has 1 aromatic carbocycles. The van der Waals surface area contributed by atoms with Crippen molar-refractivity contribution in [2.45, 2.75) is 26.9 Å². The lowest BCUT2D eigenvalue weighted by molar-refractivity contribution is 0.904. The smallest absolute Gasteiger partial charge is 0.144 e. The van der Waals surface area contributed by atoms with Crippen LogP contribution in [0.5, 0.6) is 0 Å². The number of hydrogen-bond donors (Lipinski definition) is 2. The molecule has 0 amide bonds. The Hall–Kier alpha value is -1.94. The topological polar surface area (TPSA) is 63.8 Å². The molecule has 0 fully saturated rings. The molecule has 0 saturated heterocycles. The zero-order valence-electron chi connectivity index (χ0n) is 10.8. The molecule has 2 aromatic rings. The Kier molecular flexibility index (Phi) is 3.89. The molecule has 94 valence electrons. The third-order valence-corrected chi connectivity index (χ3v) is 2.85. The fourth-order valence-electron chi connectivity index (χ4n) is 1.83. The molecule has 3 N–H and O–H groups in total. The molecule has 18 heavy (non-hydrogen) atoms. The molecule has 0 spiro atoms. The second-order valence-electron chi connectivity index (χ2n) is 4.35. The van der Waals surface area contributed by atoms with Crippen molar-refractivity contribution in [3.63, 3.8) is 0 Å². The molecule has 1 aromatic heterocycles. The molecule has 2 rings (SSSR count). The molecule has 0 atom stereocenters. The lowest BCUT2D eigenvalue weighted by Crippen LogP contribution is -2.07. The third kappa shape index (κ3) is 3.05. The molecular weight excluding hydrogens is 224 g/mol. The first kappa shape index (κ1) is 12.5. The molecule has 1 heterocycles. The second kappa shape index (κ2) is 5.60. The summed E-state index contributed by atoms with van der Waals surface area (Å²) in [6.07, 6.45) is 1.72. The molecule has 0 saturated carbocycles. The number of hydrogen-bond acceptors (Lipinski definition) is 4. The summed E-state index contributed by atoms with van der Waals surface area (Å²) in [6.45, 7) is 5.34. The van der Waals surface area contributed by atoms with Gasteiger partial charge in [0.25, 0.3) is 0 Å². The number of nitrogens with two attached hydrogens (primary N) is 1. The van der Waals surface area contributed by atoms with Gasteiger partial charge in [-0.15, -0.1) is 0 Å². The summed E-state index contributed by atoms with van der Waals surface area (Å²) >= 11 is 0. The molecule has 0 aliphatic carbocycles. The maximum absolute atomic E-state index is 5.51. The average molecular weight is 242 g/mol. The number of nitrogens with zero attached hydrogens (tertiary/aromatic N) is 2. The molecule has 0 aliphatic rings. The van der Waals surface area contributed by atoms with Gasteiger partial charge in [0.2, 0.25) is 0 Å². The van der Waals surface area contributed by atoms with E-state index >= 15 is 0 Å². The van der Waals surface area contributed by atoms with E-state index in [0.29, 0.717) is 12.4 Å². The normalized spacial score (nSPS) is 10.4. The quantitative estimate of drug-likeness (QED) is 0.862. The highest BCUT2D eigenvalue weighted by molar-refractivity contribution is 5.37. The van der Waals surface area contributed by atoms with E-state index in [2.05, 4.69) is 47.3 Å². The van der Waals surface area contributed by atoms with Crippen molar-refractivity contribution in [2.75, 3.05) is 5.32 Å². The van der Waals surface area contributed by atoms with Crippen molar-refractivity contribution >= 4 is 5.82 Å². The van der Waals surface area contributed by atoms with E-state index < -0.39 is 0 Å². The zero-order valence-corrected chi connectivity index (χ0v) is 10.8. The van der Waals surface area contributed by atoms with Crippen LogP contribution in [0.25, 0.3) is 0 Å². The standard InChI is InChI=1S/C14H18N4/c1-10-3-4-12(11(2)7-10)9-17-13-5-6-16-14(8-15)18-13/h3-7H,8-9,15H2,1-2H3,(H,16,17,18). The number of anilines is 1. The number of rotatable bonds is 4. The summed E-state index contributed by atoms with van der Waals surface area (Å²) in [5.74, 6) is 1.46. The SMILES string of the molecule is Cc1ccc(CNc2ccnc(CN)n2)c(C)c1. The highest BCUT2D eigenvalue weighted by Gasteiger charge is 2.00. The average Bonchev–Trinajstić information content (AvgIpc) is 2.38. The Morgan fingerprint density at radius 3 is 2.78 bits per heavy atom. The van der Waals surface area contributed by atoms with E-state index in [1.54, 1.807) is 6.20 Å². The van der Waals surface area contributed by atoms with Crippen LogP contribution in [0.15, 0.2) is 30.5 Å². The van der Waals surface area contributed by atoms with Crippen LogP contribution in [0.4, 0.5) is 5.82 Å². The summed E-state index contributed by atoms with van der Waals surface area (Å²) in [7, 11) is 0. The van der Waals surface area contributed by atoms with Crippen LogP contribution in [0, 0.1) is 13.8 Å². The highest BCUT2D eigenvalue weighted by Crippen LogP contribution is 2.12. The van der Waals surface area contributed by atoms with E-state index in [9.17, 15) is 0 Å². The van der Waals surface area contributed by atoms with E-state index in [4.69, 9.17) is 5.73 Å². The van der Waals surface area contributed by atoms with Crippen molar-refractivity contribution in [3.8, 4) is 0 Å². The maximum Gasteiger partial charge on any atom is 0.144 e. The van der Waals surface area contributed by atoms with Gasteiger partial charge in [-0.1, -0.05) is 23.8 Å². The third-order valence-electron chi connectivity index (χ3n) is 2.85. The van der Waals surface area contributed by atoms with Gasteiger partial charge in [0, 0.05) is 12.7 Å². The van der Waals surface area contributed by atoms with Crippen molar-refractivity contribution in [3.05, 3.63) is 53.0 Å². The second-order valence-corrected chi connectivity index (χ2v) is 4.35. The van der Waals surface area contributed by atoms with Gasteiger partial charge in [-0.25, -0.2) is 9.97 Å². The van der Waals surface area contributed by atoms with Crippen LogP contribution < -0.4 is 11.1 Å². The number of aromatic nitrogens is 2. The van der Waals surface area contributed by atoms with Crippen LogP contribution in [-0.4, -0.2) is 9.97 Å². The van der Waals surface area contributed by atoms with Gasteiger partial charge < -0.3 is 11.1 Å². The van der Waals surface area contributed by atoms with Gasteiger partial charge in [0.15, 0.2) is 0 Å². The molecule has 4 heteroatoms. The molecule has 0 bridgehead atoms. The van der Waals surface area contributed by atoms with Crippen LogP contribution in [0.2, 0.25) is 0 Å². The Bertz CT molecular complexity index is 537. The summed E-state index contributed by atoms with van der Waals surface area (Å²) in [6, 6.07) is 8.29. The Balaban J connectivity index is 2.06. The van der Waals surface area contributed by atoms with Crippen molar-refractivity contribution < 1.29 is 0 Å². The lowest BCUT2D eigenvalue weighted by atomic mass is 10.1. The van der Waals surface area contributed by atoms with Crippen LogP contribution in [0.1, 0.15) is 22.5 Å². The first-order valence-corrected chi connectivity index (χ1v) is 6.01. The first-order valence-electron chi connectivity index (χ1n) is 6.01. The Morgan fingerprint density at radius 1 is 1.22 bits per heavy atom. The summed E-state index contributed by atoms with van der Waals surface area (Å²) in [5.41, 5.74) is 9.35. The van der Waals surface area contributed by atoms with Gasteiger partial charge in [-0.05, 0) is 31.0 Å². The van der Waals surface area contributed by atoms with E-state index in [1.165, 1.54) is 16.7 Å². The van der Waals surface area contributed by atoms with Crippen LogP contribution in [-0.2, 0) is 13.1 Å². The largest absolute Gasteiger partial charge is 0.366 e. The fourth-order valence-corrected chi connectivity index (χ4v) is 1.83. The molecule has 4 nitrogen and oxygen atoms in total. The van der Waals surface area contributed by atoms with E-state index in [1.807, 2.05) is 6.07 Å². The fraction of sp³-hybridized carbons (Fsp3) is 0.286. The maximum atomic E-state index is 5.51.